The average Bonchev–Trinajstić information content (AvgIpc) is 3.37. The van der Waals surface area contributed by atoms with Gasteiger partial charge in [-0.1, -0.05) is 109 Å². The minimum atomic E-state index is 1.19. The van der Waals surface area contributed by atoms with E-state index in [1.165, 1.54) is 81.7 Å². The molecule has 0 aliphatic carbocycles. The SMILES string of the molecule is c1ccc(-n2c3ccccc3c3cc4c(ccc5cc(-c6ccc7ccc8ccccc8c7c6)ccc54)cc32)cc1. The smallest absolute Gasteiger partial charge is 0.0547 e. The van der Waals surface area contributed by atoms with Gasteiger partial charge in [0.15, 0.2) is 0 Å². The van der Waals surface area contributed by atoms with Crippen molar-refractivity contribution in [2.75, 3.05) is 0 Å². The van der Waals surface area contributed by atoms with Crippen LogP contribution in [-0.4, -0.2) is 4.57 Å². The van der Waals surface area contributed by atoms with Crippen molar-refractivity contribution in [1.82, 2.24) is 4.57 Å². The van der Waals surface area contributed by atoms with Crippen LogP contribution >= 0.6 is 0 Å². The van der Waals surface area contributed by atoms with Gasteiger partial charge in [-0.05, 0) is 96.7 Å². The predicted octanol–water partition coefficient (Wildman–Crippen LogP) is 11.1. The molecule has 0 N–H and O–H groups in total. The van der Waals surface area contributed by atoms with Crippen LogP contribution in [0.3, 0.4) is 0 Å². The lowest BCUT2D eigenvalue weighted by atomic mass is 9.94. The number of nitrogens with zero attached hydrogens (tertiary/aromatic N) is 1. The van der Waals surface area contributed by atoms with E-state index < -0.39 is 0 Å². The normalized spacial score (nSPS) is 11.9. The summed E-state index contributed by atoms with van der Waals surface area (Å²) in [7, 11) is 0. The van der Waals surface area contributed by atoms with E-state index in [0.29, 0.717) is 0 Å². The van der Waals surface area contributed by atoms with E-state index in [2.05, 4.69) is 156 Å². The molecule has 0 fully saturated rings. The molecule has 9 rings (SSSR count). The molecule has 1 aromatic heterocycles. The molecule has 0 aliphatic heterocycles. The summed E-state index contributed by atoms with van der Waals surface area (Å²) in [5.41, 5.74) is 6.15. The molecule has 0 aliphatic rings. The van der Waals surface area contributed by atoms with Crippen LogP contribution in [0.2, 0.25) is 0 Å². The lowest BCUT2D eigenvalue weighted by Crippen LogP contribution is -1.93. The third-order valence-corrected chi connectivity index (χ3v) is 8.72. The first-order valence-electron chi connectivity index (χ1n) is 14.2. The van der Waals surface area contributed by atoms with E-state index in [0.717, 1.165) is 0 Å². The van der Waals surface area contributed by atoms with Crippen LogP contribution < -0.4 is 0 Å². The predicted molar refractivity (Wildman–Crippen MR) is 176 cm³/mol. The number of hydrogen-bond donors (Lipinski definition) is 0. The minimum absolute atomic E-state index is 1.19. The van der Waals surface area contributed by atoms with Crippen LogP contribution in [0.15, 0.2) is 152 Å². The first-order valence-corrected chi connectivity index (χ1v) is 14.2. The number of aromatic nitrogens is 1. The van der Waals surface area contributed by atoms with Crippen molar-refractivity contribution >= 4 is 64.9 Å². The average molecular weight is 520 g/mol. The summed E-state index contributed by atoms with van der Waals surface area (Å²) in [5, 5.41) is 12.8. The standard InChI is InChI=1S/C40H25N/c1-2-9-32(10-3-1)41-39-13-7-6-12-35(39)38-25-37-31(24-40(38)41)19-18-30-22-28(20-21-34(30)37)29-17-16-27-15-14-26-8-4-5-11-33(26)36(27)23-29/h1-25H. The zero-order valence-electron chi connectivity index (χ0n) is 22.4. The quantitative estimate of drug-likeness (QED) is 0.200. The number of hydrogen-bond acceptors (Lipinski definition) is 0. The fourth-order valence-corrected chi connectivity index (χ4v) is 6.74. The van der Waals surface area contributed by atoms with Gasteiger partial charge in [-0.3, -0.25) is 0 Å². The Morgan fingerprint density at radius 2 is 0.878 bits per heavy atom. The topological polar surface area (TPSA) is 4.93 Å². The Morgan fingerprint density at radius 3 is 1.76 bits per heavy atom. The Kier molecular flexibility index (Phi) is 4.67. The highest BCUT2D eigenvalue weighted by molar-refractivity contribution is 6.18. The molecule has 0 radical (unpaired) electrons. The summed E-state index contributed by atoms with van der Waals surface area (Å²) < 4.78 is 2.39. The summed E-state index contributed by atoms with van der Waals surface area (Å²) in [5.74, 6) is 0. The fraction of sp³-hybridized carbons (Fsp3) is 0. The van der Waals surface area contributed by atoms with Crippen LogP contribution in [0.5, 0.6) is 0 Å². The number of benzene rings is 8. The molecule has 1 heterocycles. The summed E-state index contributed by atoms with van der Waals surface area (Å²) >= 11 is 0. The lowest BCUT2D eigenvalue weighted by Gasteiger charge is -2.11. The molecule has 1 heteroatoms. The highest BCUT2D eigenvalue weighted by Gasteiger charge is 2.14. The van der Waals surface area contributed by atoms with Crippen molar-refractivity contribution in [3.05, 3.63) is 152 Å². The Bertz CT molecular complexity index is 2460. The van der Waals surface area contributed by atoms with Crippen molar-refractivity contribution in [3.8, 4) is 16.8 Å². The van der Waals surface area contributed by atoms with E-state index in [-0.39, 0.29) is 0 Å². The van der Waals surface area contributed by atoms with Gasteiger partial charge in [0.05, 0.1) is 11.0 Å². The van der Waals surface area contributed by atoms with Crippen molar-refractivity contribution in [2.45, 2.75) is 0 Å². The maximum absolute atomic E-state index is 2.40. The Morgan fingerprint density at radius 1 is 0.293 bits per heavy atom. The van der Waals surface area contributed by atoms with Crippen LogP contribution in [-0.2, 0) is 0 Å². The van der Waals surface area contributed by atoms with E-state index >= 15 is 0 Å². The molecule has 0 unspecified atom stereocenters. The van der Waals surface area contributed by atoms with Crippen molar-refractivity contribution < 1.29 is 0 Å². The van der Waals surface area contributed by atoms with Crippen molar-refractivity contribution in [3.63, 3.8) is 0 Å². The van der Waals surface area contributed by atoms with Crippen molar-refractivity contribution in [2.24, 2.45) is 0 Å². The van der Waals surface area contributed by atoms with E-state index in [1.54, 1.807) is 0 Å². The van der Waals surface area contributed by atoms with Crippen LogP contribution in [0.1, 0.15) is 0 Å². The molecule has 190 valence electrons. The third kappa shape index (κ3) is 3.36. The zero-order chi connectivity index (χ0) is 26.9. The van der Waals surface area contributed by atoms with Gasteiger partial charge in [0.1, 0.15) is 0 Å². The molecule has 0 bridgehead atoms. The number of rotatable bonds is 2. The third-order valence-electron chi connectivity index (χ3n) is 8.72. The molecule has 0 saturated heterocycles. The number of para-hydroxylation sites is 2. The van der Waals surface area contributed by atoms with Crippen LogP contribution in [0.4, 0.5) is 0 Å². The summed E-state index contributed by atoms with van der Waals surface area (Å²) in [6, 6.07) is 55.6. The van der Waals surface area contributed by atoms with Gasteiger partial charge in [0, 0.05) is 16.5 Å². The summed E-state index contributed by atoms with van der Waals surface area (Å²) in [6.45, 7) is 0. The van der Waals surface area contributed by atoms with E-state index in [9.17, 15) is 0 Å². The molecule has 0 spiro atoms. The van der Waals surface area contributed by atoms with Gasteiger partial charge >= 0.3 is 0 Å². The molecular formula is C40H25N. The largest absolute Gasteiger partial charge is 0.309 e. The first-order chi connectivity index (χ1) is 20.3. The van der Waals surface area contributed by atoms with Crippen LogP contribution in [0, 0.1) is 0 Å². The second-order valence-corrected chi connectivity index (χ2v) is 11.0. The van der Waals surface area contributed by atoms with Gasteiger partial charge in [-0.15, -0.1) is 0 Å². The fourth-order valence-electron chi connectivity index (χ4n) is 6.74. The minimum Gasteiger partial charge on any atom is -0.309 e. The molecule has 41 heavy (non-hydrogen) atoms. The van der Waals surface area contributed by atoms with Gasteiger partial charge in [0.2, 0.25) is 0 Å². The second-order valence-electron chi connectivity index (χ2n) is 11.0. The Hall–Kier alpha value is -5.40. The molecule has 8 aromatic carbocycles. The van der Waals surface area contributed by atoms with E-state index in [4.69, 9.17) is 0 Å². The number of fused-ring (bicyclic) bond motifs is 9. The summed E-state index contributed by atoms with van der Waals surface area (Å²) in [6.07, 6.45) is 0. The Labute approximate surface area is 237 Å². The molecule has 0 amide bonds. The highest BCUT2D eigenvalue weighted by Crippen LogP contribution is 2.38. The molecule has 0 atom stereocenters. The zero-order valence-corrected chi connectivity index (χ0v) is 22.4. The molecular weight excluding hydrogens is 494 g/mol. The maximum Gasteiger partial charge on any atom is 0.0547 e. The summed E-state index contributed by atoms with van der Waals surface area (Å²) in [4.78, 5) is 0. The lowest BCUT2D eigenvalue weighted by molar-refractivity contribution is 1.18. The first kappa shape index (κ1) is 22.4. The molecule has 0 saturated carbocycles. The molecule has 9 aromatic rings. The molecule has 1 nitrogen and oxygen atoms in total. The van der Waals surface area contributed by atoms with Crippen molar-refractivity contribution in [1.29, 1.82) is 0 Å². The van der Waals surface area contributed by atoms with Gasteiger partial charge in [0.25, 0.3) is 0 Å². The maximum atomic E-state index is 2.40. The monoisotopic (exact) mass is 519 g/mol. The highest BCUT2D eigenvalue weighted by atomic mass is 15.0. The van der Waals surface area contributed by atoms with Crippen LogP contribution in [0.25, 0.3) is 81.7 Å². The Balaban J connectivity index is 1.26. The second kappa shape index (κ2) is 8.55. The van der Waals surface area contributed by atoms with Gasteiger partial charge < -0.3 is 4.57 Å². The van der Waals surface area contributed by atoms with Gasteiger partial charge in [-0.2, -0.15) is 0 Å². The van der Waals surface area contributed by atoms with Gasteiger partial charge in [-0.25, -0.2) is 0 Å². The van der Waals surface area contributed by atoms with E-state index in [1.807, 2.05) is 0 Å².